The first-order valence-corrected chi connectivity index (χ1v) is 7.11. The molecule has 3 rings (SSSR count). The Kier molecular flexibility index (Phi) is 3.37. The van der Waals surface area contributed by atoms with Gasteiger partial charge in [0.15, 0.2) is 0 Å². The number of rotatable bonds is 2. The van der Waals surface area contributed by atoms with Gasteiger partial charge in [-0.2, -0.15) is 0 Å². The van der Waals surface area contributed by atoms with Crippen LogP contribution >= 0.6 is 15.9 Å². The van der Waals surface area contributed by atoms with Gasteiger partial charge < -0.3 is 14.1 Å². The zero-order chi connectivity index (χ0) is 13.4. The van der Waals surface area contributed by atoms with Gasteiger partial charge in [-0.25, -0.2) is 0 Å². The van der Waals surface area contributed by atoms with Gasteiger partial charge in [0, 0.05) is 28.3 Å². The molecule has 1 aromatic heterocycles. The maximum Gasteiger partial charge on any atom is 0.138 e. The van der Waals surface area contributed by atoms with Crippen molar-refractivity contribution >= 4 is 32.3 Å². The van der Waals surface area contributed by atoms with Crippen LogP contribution in [0.2, 0.25) is 0 Å². The Labute approximate surface area is 121 Å². The summed E-state index contributed by atoms with van der Waals surface area (Å²) in [5.74, 6) is 1.82. The normalized spacial score (nSPS) is 16.7. The molecule has 4 heteroatoms. The van der Waals surface area contributed by atoms with E-state index >= 15 is 0 Å². The number of nitrogens with zero attached hydrogens (tertiary/aromatic N) is 1. The second kappa shape index (κ2) is 5.02. The summed E-state index contributed by atoms with van der Waals surface area (Å²) < 4.78 is 12.1. The molecule has 1 aliphatic rings. The predicted molar refractivity (Wildman–Crippen MR) is 80.6 cm³/mol. The maximum absolute atomic E-state index is 5.80. The van der Waals surface area contributed by atoms with Crippen LogP contribution in [0, 0.1) is 0 Å². The summed E-state index contributed by atoms with van der Waals surface area (Å²) in [6, 6.07) is 3.99. The lowest BCUT2D eigenvalue weighted by Gasteiger charge is -2.21. The lowest BCUT2D eigenvalue weighted by atomic mass is 10.0. The largest absolute Gasteiger partial charge is 0.497 e. The second-order valence-electron chi connectivity index (χ2n) is 4.88. The zero-order valence-corrected chi connectivity index (χ0v) is 12.7. The van der Waals surface area contributed by atoms with Crippen molar-refractivity contribution in [2.45, 2.75) is 6.42 Å². The van der Waals surface area contributed by atoms with Crippen molar-refractivity contribution in [3.63, 3.8) is 0 Å². The highest BCUT2D eigenvalue weighted by Gasteiger charge is 2.18. The molecule has 0 N–H and O–H groups in total. The van der Waals surface area contributed by atoms with E-state index in [4.69, 9.17) is 9.15 Å². The van der Waals surface area contributed by atoms with Crippen molar-refractivity contribution in [1.82, 2.24) is 4.90 Å². The van der Waals surface area contributed by atoms with Gasteiger partial charge in [0.1, 0.15) is 11.5 Å². The average molecular weight is 322 g/mol. The highest BCUT2D eigenvalue weighted by molar-refractivity contribution is 9.10. The smallest absolute Gasteiger partial charge is 0.138 e. The van der Waals surface area contributed by atoms with Crippen LogP contribution in [0.5, 0.6) is 5.75 Å². The first-order chi connectivity index (χ1) is 9.19. The molecular weight excluding hydrogens is 306 g/mol. The minimum atomic E-state index is 0.837. The van der Waals surface area contributed by atoms with Crippen molar-refractivity contribution in [2.24, 2.45) is 0 Å². The van der Waals surface area contributed by atoms with Crippen molar-refractivity contribution in [3.05, 3.63) is 34.7 Å². The van der Waals surface area contributed by atoms with E-state index in [2.05, 4.69) is 34.0 Å². The molecule has 2 aromatic rings. The monoisotopic (exact) mass is 321 g/mol. The third kappa shape index (κ3) is 2.30. The SMILES string of the molecule is COc1cc(Br)c2c(C3=CCN(C)CC3)occ2c1. The van der Waals surface area contributed by atoms with Gasteiger partial charge in [-0.15, -0.1) is 0 Å². The Balaban J connectivity index is 2.10. The van der Waals surface area contributed by atoms with E-state index in [9.17, 15) is 0 Å². The van der Waals surface area contributed by atoms with Gasteiger partial charge >= 0.3 is 0 Å². The lowest BCUT2D eigenvalue weighted by Crippen LogP contribution is -2.23. The van der Waals surface area contributed by atoms with Crippen LogP contribution in [-0.4, -0.2) is 32.1 Å². The number of likely N-dealkylation sites (N-methyl/N-ethyl adjacent to an activating group) is 1. The molecule has 0 spiro atoms. The predicted octanol–water partition coefficient (Wildman–Crippen LogP) is 3.92. The van der Waals surface area contributed by atoms with Crippen LogP contribution < -0.4 is 4.74 Å². The number of methoxy groups -OCH3 is 1. The Hall–Kier alpha value is -1.26. The van der Waals surface area contributed by atoms with E-state index in [-0.39, 0.29) is 0 Å². The minimum absolute atomic E-state index is 0.837. The van der Waals surface area contributed by atoms with E-state index in [0.717, 1.165) is 46.3 Å². The van der Waals surface area contributed by atoms with Gasteiger partial charge in [0.25, 0.3) is 0 Å². The maximum atomic E-state index is 5.80. The van der Waals surface area contributed by atoms with E-state index < -0.39 is 0 Å². The molecule has 0 aliphatic carbocycles. The summed E-state index contributed by atoms with van der Waals surface area (Å²) >= 11 is 3.62. The van der Waals surface area contributed by atoms with E-state index in [1.807, 2.05) is 12.1 Å². The molecule has 0 radical (unpaired) electrons. The van der Waals surface area contributed by atoms with Crippen LogP contribution in [0.1, 0.15) is 12.2 Å². The second-order valence-corrected chi connectivity index (χ2v) is 5.73. The Morgan fingerprint density at radius 1 is 1.37 bits per heavy atom. The fraction of sp³-hybridized carbons (Fsp3) is 0.333. The first-order valence-electron chi connectivity index (χ1n) is 6.31. The molecule has 1 aliphatic heterocycles. The van der Waals surface area contributed by atoms with Crippen LogP contribution in [-0.2, 0) is 0 Å². The molecule has 100 valence electrons. The molecule has 3 nitrogen and oxygen atoms in total. The van der Waals surface area contributed by atoms with E-state index in [0.29, 0.717) is 0 Å². The van der Waals surface area contributed by atoms with Gasteiger partial charge in [0.05, 0.1) is 13.4 Å². The van der Waals surface area contributed by atoms with Crippen LogP contribution in [0.3, 0.4) is 0 Å². The topological polar surface area (TPSA) is 25.6 Å². The van der Waals surface area contributed by atoms with Gasteiger partial charge in [-0.1, -0.05) is 6.08 Å². The van der Waals surface area contributed by atoms with Crippen LogP contribution in [0.4, 0.5) is 0 Å². The van der Waals surface area contributed by atoms with Crippen molar-refractivity contribution in [3.8, 4) is 5.75 Å². The van der Waals surface area contributed by atoms with Gasteiger partial charge in [-0.3, -0.25) is 0 Å². The van der Waals surface area contributed by atoms with Crippen molar-refractivity contribution in [2.75, 3.05) is 27.2 Å². The number of fused-ring (bicyclic) bond motifs is 1. The fourth-order valence-electron chi connectivity index (χ4n) is 2.45. The number of halogens is 1. The third-order valence-corrected chi connectivity index (χ3v) is 4.19. The summed E-state index contributed by atoms with van der Waals surface area (Å²) in [6.45, 7) is 2.05. The average Bonchev–Trinajstić information content (AvgIpc) is 2.84. The van der Waals surface area contributed by atoms with E-state index in [1.165, 1.54) is 5.57 Å². The molecule has 0 saturated carbocycles. The first kappa shape index (κ1) is 12.8. The van der Waals surface area contributed by atoms with Crippen molar-refractivity contribution in [1.29, 1.82) is 0 Å². The Morgan fingerprint density at radius 2 is 2.21 bits per heavy atom. The Morgan fingerprint density at radius 3 is 2.89 bits per heavy atom. The van der Waals surface area contributed by atoms with Gasteiger partial charge in [-0.05, 0) is 47.1 Å². The summed E-state index contributed by atoms with van der Waals surface area (Å²) in [7, 11) is 3.81. The molecule has 0 bridgehead atoms. The highest BCUT2D eigenvalue weighted by Crippen LogP contribution is 2.37. The quantitative estimate of drug-likeness (QED) is 0.838. The lowest BCUT2D eigenvalue weighted by molar-refractivity contribution is 0.367. The minimum Gasteiger partial charge on any atom is -0.497 e. The third-order valence-electron chi connectivity index (χ3n) is 3.56. The van der Waals surface area contributed by atoms with Crippen LogP contribution in [0.15, 0.2) is 33.4 Å². The van der Waals surface area contributed by atoms with Crippen LogP contribution in [0.25, 0.3) is 16.3 Å². The number of benzene rings is 1. The molecule has 0 saturated heterocycles. The number of hydrogen-bond acceptors (Lipinski definition) is 3. The Bertz CT molecular complexity index is 645. The molecular formula is C15H16BrNO2. The summed E-state index contributed by atoms with van der Waals surface area (Å²) in [4.78, 5) is 2.30. The summed E-state index contributed by atoms with van der Waals surface area (Å²) in [5, 5.41) is 2.21. The standard InChI is InChI=1S/C15H16BrNO2/c1-17-5-3-10(4-6-17)15-14-11(9-19-15)7-12(18-2)8-13(14)16/h3,7-9H,4-6H2,1-2H3. The molecule has 19 heavy (non-hydrogen) atoms. The highest BCUT2D eigenvalue weighted by atomic mass is 79.9. The summed E-state index contributed by atoms with van der Waals surface area (Å²) in [5.41, 5.74) is 1.29. The molecule has 0 unspecified atom stereocenters. The number of furan rings is 1. The summed E-state index contributed by atoms with van der Waals surface area (Å²) in [6.07, 6.45) is 5.08. The molecule has 2 heterocycles. The van der Waals surface area contributed by atoms with E-state index in [1.54, 1.807) is 13.4 Å². The number of ether oxygens (including phenoxy) is 1. The van der Waals surface area contributed by atoms with Gasteiger partial charge in [0.2, 0.25) is 0 Å². The zero-order valence-electron chi connectivity index (χ0n) is 11.1. The fourth-order valence-corrected chi connectivity index (χ4v) is 3.08. The number of hydrogen-bond donors (Lipinski definition) is 0. The molecule has 1 aromatic carbocycles. The molecule has 0 atom stereocenters. The molecule has 0 fully saturated rings. The molecule has 0 amide bonds. The van der Waals surface area contributed by atoms with Crippen molar-refractivity contribution < 1.29 is 9.15 Å².